The van der Waals surface area contributed by atoms with Crippen molar-refractivity contribution in [2.45, 2.75) is 25.3 Å². The summed E-state index contributed by atoms with van der Waals surface area (Å²) in [5, 5.41) is 8.80. The normalized spacial score (nSPS) is 13.9. The van der Waals surface area contributed by atoms with Crippen LogP contribution in [-0.2, 0) is 6.42 Å². The van der Waals surface area contributed by atoms with Gasteiger partial charge < -0.3 is 10.8 Å². The highest BCUT2D eigenvalue weighted by molar-refractivity contribution is 5.25. The molecule has 0 fully saturated rings. The number of aliphatic hydroxyl groups is 1. The lowest BCUT2D eigenvalue weighted by Gasteiger charge is -2.12. The van der Waals surface area contributed by atoms with Crippen LogP contribution in [0.5, 0.6) is 0 Å². The summed E-state index contributed by atoms with van der Waals surface area (Å²) in [6.45, 7) is 0.740. The van der Waals surface area contributed by atoms with Crippen LogP contribution in [0, 0.1) is 0 Å². The molecule has 0 aliphatic rings. The zero-order chi connectivity index (χ0) is 11.5. The van der Waals surface area contributed by atoms with Crippen LogP contribution >= 0.6 is 0 Å². The van der Waals surface area contributed by atoms with E-state index in [4.69, 9.17) is 10.8 Å². The van der Waals surface area contributed by atoms with E-state index in [1.54, 1.807) is 24.3 Å². The van der Waals surface area contributed by atoms with Gasteiger partial charge in [0, 0.05) is 6.42 Å². The van der Waals surface area contributed by atoms with Crippen LogP contribution in [0.4, 0.5) is 8.78 Å². The molecule has 0 saturated heterocycles. The fourth-order valence-corrected chi connectivity index (χ4v) is 1.35. The zero-order valence-electron chi connectivity index (χ0n) is 8.58. The van der Waals surface area contributed by atoms with E-state index in [-0.39, 0.29) is 13.0 Å². The minimum atomic E-state index is -2.69. The number of hydrogen-bond donors (Lipinski definition) is 2. The van der Waals surface area contributed by atoms with Gasteiger partial charge >= 0.3 is 0 Å². The number of rotatable bonds is 4. The van der Waals surface area contributed by atoms with E-state index in [9.17, 15) is 8.78 Å². The molecule has 0 aliphatic carbocycles. The van der Waals surface area contributed by atoms with E-state index >= 15 is 0 Å². The van der Waals surface area contributed by atoms with E-state index in [1.807, 2.05) is 0 Å². The summed E-state index contributed by atoms with van der Waals surface area (Å²) >= 11 is 0. The molecule has 0 saturated carbocycles. The van der Waals surface area contributed by atoms with Gasteiger partial charge in [0.05, 0.1) is 12.6 Å². The van der Waals surface area contributed by atoms with E-state index in [1.165, 1.54) is 0 Å². The first-order valence-corrected chi connectivity index (χ1v) is 4.75. The van der Waals surface area contributed by atoms with Crippen LogP contribution in [0.3, 0.4) is 0 Å². The third-order valence-electron chi connectivity index (χ3n) is 2.12. The molecule has 4 heteroatoms. The number of halogens is 2. The van der Waals surface area contributed by atoms with Gasteiger partial charge in [0.1, 0.15) is 0 Å². The lowest BCUT2D eigenvalue weighted by molar-refractivity contribution is 0.0226. The average Bonchev–Trinajstić information content (AvgIpc) is 2.15. The maximum absolute atomic E-state index is 12.7. The Morgan fingerprint density at radius 2 is 1.87 bits per heavy atom. The Hall–Kier alpha value is -1.00. The summed E-state index contributed by atoms with van der Waals surface area (Å²) in [5.74, 6) is -2.69. The van der Waals surface area contributed by atoms with E-state index in [2.05, 4.69) is 0 Å². The van der Waals surface area contributed by atoms with Crippen LogP contribution in [0.15, 0.2) is 24.3 Å². The van der Waals surface area contributed by atoms with Gasteiger partial charge in [0.25, 0.3) is 0 Å². The molecule has 1 rings (SSSR count). The lowest BCUT2D eigenvalue weighted by Crippen LogP contribution is -2.15. The summed E-state index contributed by atoms with van der Waals surface area (Å²) in [6, 6.07) is 6.12. The summed E-state index contributed by atoms with van der Waals surface area (Å²) in [4.78, 5) is 0. The molecule has 15 heavy (non-hydrogen) atoms. The summed E-state index contributed by atoms with van der Waals surface area (Å²) in [7, 11) is 0. The predicted octanol–water partition coefficient (Wildman–Crippen LogP) is 1.88. The van der Waals surface area contributed by atoms with Crippen LogP contribution in [0.1, 0.15) is 24.1 Å². The van der Waals surface area contributed by atoms with Gasteiger partial charge in [-0.3, -0.25) is 0 Å². The molecule has 1 aromatic rings. The van der Waals surface area contributed by atoms with Gasteiger partial charge in [-0.25, -0.2) is 8.78 Å². The number of hydrogen-bond acceptors (Lipinski definition) is 2. The van der Waals surface area contributed by atoms with Gasteiger partial charge in [0.2, 0.25) is 5.92 Å². The SMILES string of the molecule is CC(F)(F)Cc1ccc(C(N)CO)cc1. The van der Waals surface area contributed by atoms with Crippen LogP contribution in [0.25, 0.3) is 0 Å². The van der Waals surface area contributed by atoms with Crippen molar-refractivity contribution < 1.29 is 13.9 Å². The van der Waals surface area contributed by atoms with E-state index in [0.717, 1.165) is 12.5 Å². The fourth-order valence-electron chi connectivity index (χ4n) is 1.35. The second-order valence-corrected chi connectivity index (χ2v) is 3.78. The molecular formula is C11H15F2NO. The lowest BCUT2D eigenvalue weighted by atomic mass is 10.0. The number of nitrogens with two attached hydrogens (primary N) is 1. The van der Waals surface area contributed by atoms with Crippen LogP contribution < -0.4 is 5.73 Å². The molecule has 1 aromatic carbocycles. The highest BCUT2D eigenvalue weighted by Crippen LogP contribution is 2.20. The molecule has 0 aliphatic heterocycles. The first-order valence-electron chi connectivity index (χ1n) is 4.75. The van der Waals surface area contributed by atoms with Crippen molar-refractivity contribution in [3.8, 4) is 0 Å². The molecule has 0 aromatic heterocycles. The second-order valence-electron chi connectivity index (χ2n) is 3.78. The number of benzene rings is 1. The van der Waals surface area contributed by atoms with Crippen molar-refractivity contribution >= 4 is 0 Å². The van der Waals surface area contributed by atoms with E-state index < -0.39 is 12.0 Å². The van der Waals surface area contributed by atoms with Crippen molar-refractivity contribution in [1.82, 2.24) is 0 Å². The maximum Gasteiger partial charge on any atom is 0.249 e. The Balaban J connectivity index is 2.72. The first-order chi connectivity index (χ1) is 6.92. The summed E-state index contributed by atoms with van der Waals surface area (Å²) < 4.78 is 25.3. The van der Waals surface area contributed by atoms with Crippen LogP contribution in [0.2, 0.25) is 0 Å². The monoisotopic (exact) mass is 215 g/mol. The molecular weight excluding hydrogens is 200 g/mol. The molecule has 0 radical (unpaired) electrons. The van der Waals surface area contributed by atoms with Crippen molar-refractivity contribution in [3.63, 3.8) is 0 Å². The molecule has 1 unspecified atom stereocenters. The first kappa shape index (κ1) is 12.1. The topological polar surface area (TPSA) is 46.2 Å². The number of aliphatic hydroxyl groups excluding tert-OH is 1. The van der Waals surface area contributed by atoms with Gasteiger partial charge in [-0.2, -0.15) is 0 Å². The van der Waals surface area contributed by atoms with E-state index in [0.29, 0.717) is 5.56 Å². The molecule has 2 nitrogen and oxygen atoms in total. The minimum Gasteiger partial charge on any atom is -0.394 e. The quantitative estimate of drug-likeness (QED) is 0.805. The molecule has 0 heterocycles. The average molecular weight is 215 g/mol. The Labute approximate surface area is 87.7 Å². The van der Waals surface area contributed by atoms with Crippen molar-refractivity contribution in [2.75, 3.05) is 6.61 Å². The third kappa shape index (κ3) is 3.93. The third-order valence-corrected chi connectivity index (χ3v) is 2.12. The Morgan fingerprint density at radius 3 is 2.27 bits per heavy atom. The molecule has 0 bridgehead atoms. The van der Waals surface area contributed by atoms with Crippen molar-refractivity contribution in [1.29, 1.82) is 0 Å². The van der Waals surface area contributed by atoms with Gasteiger partial charge in [-0.15, -0.1) is 0 Å². The smallest absolute Gasteiger partial charge is 0.249 e. The molecule has 84 valence electrons. The molecule has 1 atom stereocenters. The molecule has 0 amide bonds. The zero-order valence-corrected chi connectivity index (χ0v) is 8.58. The maximum atomic E-state index is 12.7. The van der Waals surface area contributed by atoms with Crippen LogP contribution in [-0.4, -0.2) is 17.6 Å². The van der Waals surface area contributed by atoms with Crippen molar-refractivity contribution in [3.05, 3.63) is 35.4 Å². The van der Waals surface area contributed by atoms with Gasteiger partial charge in [-0.05, 0) is 18.1 Å². The van der Waals surface area contributed by atoms with Gasteiger partial charge in [-0.1, -0.05) is 24.3 Å². The van der Waals surface area contributed by atoms with Crippen molar-refractivity contribution in [2.24, 2.45) is 5.73 Å². The minimum absolute atomic E-state index is 0.150. The predicted molar refractivity (Wildman–Crippen MR) is 54.8 cm³/mol. The fraction of sp³-hybridized carbons (Fsp3) is 0.455. The Bertz CT molecular complexity index is 305. The molecule has 0 spiro atoms. The number of alkyl halides is 2. The summed E-state index contributed by atoms with van der Waals surface area (Å²) in [5.41, 5.74) is 6.89. The Kier molecular flexibility index (Phi) is 3.77. The molecule has 3 N–H and O–H groups in total. The largest absolute Gasteiger partial charge is 0.394 e. The second kappa shape index (κ2) is 4.68. The Morgan fingerprint density at radius 1 is 1.33 bits per heavy atom. The summed E-state index contributed by atoms with van der Waals surface area (Å²) in [6.07, 6.45) is -0.276. The standard InChI is InChI=1S/C11H15F2NO/c1-11(12,13)6-8-2-4-9(5-3-8)10(14)7-15/h2-5,10,15H,6-7,14H2,1H3. The van der Waals surface area contributed by atoms with Gasteiger partial charge in [0.15, 0.2) is 0 Å². The highest BCUT2D eigenvalue weighted by atomic mass is 19.3. The highest BCUT2D eigenvalue weighted by Gasteiger charge is 2.21.